The molecule has 1 aliphatic heterocycles. The molecule has 0 bridgehead atoms. The van der Waals surface area contributed by atoms with E-state index in [2.05, 4.69) is 5.32 Å². The highest BCUT2D eigenvalue weighted by Gasteiger charge is 2.44. The van der Waals surface area contributed by atoms with Crippen LogP contribution in [0.5, 0.6) is 0 Å². The Balaban J connectivity index is 1.57. The minimum absolute atomic E-state index is 0.0116. The molecule has 1 aliphatic rings. The topological polar surface area (TPSA) is 52.7 Å². The molecule has 1 heterocycles. The summed E-state index contributed by atoms with van der Waals surface area (Å²) in [5, 5.41) is 4.15. The number of imide groups is 1. The molecule has 1 atom stereocenters. The van der Waals surface area contributed by atoms with E-state index in [4.69, 9.17) is 35.4 Å². The number of carbonyl (C=O) groups is 2. The lowest BCUT2D eigenvalue weighted by Crippen LogP contribution is -2.50. The van der Waals surface area contributed by atoms with E-state index in [0.29, 0.717) is 24.6 Å². The van der Waals surface area contributed by atoms with Crippen LogP contribution in [0.25, 0.3) is 0 Å². The number of amides is 2. The maximum absolute atomic E-state index is 13.5. The van der Waals surface area contributed by atoms with E-state index < -0.39 is 11.9 Å². The van der Waals surface area contributed by atoms with Crippen LogP contribution in [-0.2, 0) is 22.6 Å². The van der Waals surface area contributed by atoms with Gasteiger partial charge in [-0.15, -0.1) is 0 Å². The molecular weight excluding hydrogens is 489 g/mol. The van der Waals surface area contributed by atoms with Gasteiger partial charge in [0, 0.05) is 13.1 Å². The van der Waals surface area contributed by atoms with Gasteiger partial charge in [-0.3, -0.25) is 9.59 Å². The summed E-state index contributed by atoms with van der Waals surface area (Å²) in [5.74, 6) is -0.752. The van der Waals surface area contributed by atoms with Crippen molar-refractivity contribution >= 4 is 58.0 Å². The predicted octanol–water partition coefficient (Wildman–Crippen LogP) is 5.24. The summed E-state index contributed by atoms with van der Waals surface area (Å²) >= 11 is 18.3. The molecule has 1 N–H and O–H groups in total. The summed E-state index contributed by atoms with van der Waals surface area (Å²) in [6.45, 7) is 0.981. The van der Waals surface area contributed by atoms with E-state index in [0.717, 1.165) is 16.0 Å². The number of anilines is 1. The molecule has 0 unspecified atom stereocenters. The van der Waals surface area contributed by atoms with Crippen LogP contribution in [0.1, 0.15) is 17.5 Å². The first-order valence-electron chi connectivity index (χ1n) is 10.9. The summed E-state index contributed by atoms with van der Waals surface area (Å²) in [6.07, 6.45) is 0.654. The average Bonchev–Trinajstić information content (AvgIpc) is 3.13. The van der Waals surface area contributed by atoms with Crippen LogP contribution in [0.3, 0.4) is 0 Å². The van der Waals surface area contributed by atoms with Crippen molar-refractivity contribution in [3.8, 4) is 0 Å². The highest BCUT2D eigenvalue weighted by Crippen LogP contribution is 2.37. The van der Waals surface area contributed by atoms with E-state index in [1.165, 1.54) is 0 Å². The smallest absolute Gasteiger partial charge is 0.257 e. The summed E-state index contributed by atoms with van der Waals surface area (Å²) in [5.41, 5.74) is 2.39. The Kier molecular flexibility index (Phi) is 7.83. The van der Waals surface area contributed by atoms with Crippen molar-refractivity contribution in [3.05, 3.63) is 100 Å². The van der Waals surface area contributed by atoms with Crippen molar-refractivity contribution in [1.82, 2.24) is 10.2 Å². The molecule has 3 aromatic rings. The Hall–Kier alpha value is -2.93. The lowest BCUT2D eigenvalue weighted by atomic mass is 10.1. The monoisotopic (exact) mass is 511 g/mol. The van der Waals surface area contributed by atoms with Crippen LogP contribution >= 0.6 is 35.4 Å². The molecule has 8 heteroatoms. The molecule has 174 valence electrons. The number of carbonyl (C=O) groups excluding carboxylic acids is 2. The van der Waals surface area contributed by atoms with Gasteiger partial charge in [-0.05, 0) is 41.9 Å². The first kappa shape index (κ1) is 24.2. The van der Waals surface area contributed by atoms with Crippen molar-refractivity contribution in [2.24, 2.45) is 0 Å². The summed E-state index contributed by atoms with van der Waals surface area (Å²) in [4.78, 5) is 29.4. The maximum atomic E-state index is 13.5. The third kappa shape index (κ3) is 5.41. The van der Waals surface area contributed by atoms with E-state index in [1.807, 2.05) is 60.7 Å². The zero-order valence-electron chi connectivity index (χ0n) is 18.3. The molecule has 0 radical (unpaired) electrons. The number of thiocarbonyl (C=S) groups is 1. The molecule has 1 fully saturated rings. The second-order valence-corrected chi connectivity index (χ2v) is 9.13. The largest absolute Gasteiger partial charge is 0.358 e. The van der Waals surface area contributed by atoms with Gasteiger partial charge < -0.3 is 10.2 Å². The van der Waals surface area contributed by atoms with E-state index in [1.54, 1.807) is 23.1 Å². The predicted molar refractivity (Wildman–Crippen MR) is 140 cm³/mol. The molecule has 5 nitrogen and oxygen atoms in total. The van der Waals surface area contributed by atoms with Crippen LogP contribution in [0, 0.1) is 0 Å². The Labute approximate surface area is 214 Å². The standard InChI is InChI=1S/C26H23Cl2N3O2S/c27-20-12-7-13-21(28)24(20)31-23(32)16-22(25(31)33)30(15-14-18-8-3-1-4-9-18)26(34)29-17-19-10-5-2-6-11-19/h1-13,22H,14-17H2,(H,29,34)/t22-/m0/s1. The summed E-state index contributed by atoms with van der Waals surface area (Å²) < 4.78 is 0. The molecule has 0 saturated carbocycles. The van der Waals surface area contributed by atoms with Crippen LogP contribution < -0.4 is 10.2 Å². The third-order valence-corrected chi connectivity index (χ3v) is 6.68. The molecule has 4 rings (SSSR count). The van der Waals surface area contributed by atoms with E-state index >= 15 is 0 Å². The van der Waals surface area contributed by atoms with Crippen LogP contribution in [0.4, 0.5) is 5.69 Å². The van der Waals surface area contributed by atoms with Gasteiger partial charge in [-0.2, -0.15) is 0 Å². The van der Waals surface area contributed by atoms with Crippen molar-refractivity contribution in [1.29, 1.82) is 0 Å². The molecule has 2 amide bonds. The highest BCUT2D eigenvalue weighted by molar-refractivity contribution is 7.80. The van der Waals surface area contributed by atoms with Crippen LogP contribution in [0.2, 0.25) is 10.0 Å². The van der Waals surface area contributed by atoms with E-state index in [-0.39, 0.29) is 28.1 Å². The van der Waals surface area contributed by atoms with Gasteiger partial charge in [0.05, 0.1) is 22.2 Å². The second-order valence-electron chi connectivity index (χ2n) is 7.93. The number of nitrogens with one attached hydrogen (secondary N) is 1. The molecule has 0 spiro atoms. The molecule has 34 heavy (non-hydrogen) atoms. The Morgan fingerprint density at radius 3 is 2.12 bits per heavy atom. The molecule has 1 saturated heterocycles. The van der Waals surface area contributed by atoms with Crippen molar-refractivity contribution in [3.63, 3.8) is 0 Å². The maximum Gasteiger partial charge on any atom is 0.257 e. The van der Waals surface area contributed by atoms with Gasteiger partial charge in [0.25, 0.3) is 5.91 Å². The number of hydrogen-bond acceptors (Lipinski definition) is 3. The Morgan fingerprint density at radius 1 is 0.912 bits per heavy atom. The van der Waals surface area contributed by atoms with Gasteiger partial charge in [-0.1, -0.05) is 89.9 Å². The first-order chi connectivity index (χ1) is 16.5. The number of hydrogen-bond donors (Lipinski definition) is 1. The Bertz CT molecular complexity index is 1170. The fraction of sp³-hybridized carbons (Fsp3) is 0.192. The minimum atomic E-state index is -0.751. The number of para-hydroxylation sites is 1. The average molecular weight is 512 g/mol. The van der Waals surface area contributed by atoms with Gasteiger partial charge in [0.15, 0.2) is 5.11 Å². The fourth-order valence-corrected chi connectivity index (χ4v) is 4.82. The lowest BCUT2D eigenvalue weighted by molar-refractivity contribution is -0.122. The fourth-order valence-electron chi connectivity index (χ4n) is 3.97. The molecular formula is C26H23Cl2N3O2S. The second kappa shape index (κ2) is 11.0. The summed E-state index contributed by atoms with van der Waals surface area (Å²) in [7, 11) is 0. The normalized spacial score (nSPS) is 15.5. The minimum Gasteiger partial charge on any atom is -0.358 e. The molecule has 3 aromatic carbocycles. The van der Waals surface area contributed by atoms with Gasteiger partial charge in [0.1, 0.15) is 6.04 Å². The summed E-state index contributed by atoms with van der Waals surface area (Å²) in [6, 6.07) is 23.9. The van der Waals surface area contributed by atoms with Crippen LogP contribution in [0.15, 0.2) is 78.9 Å². The SMILES string of the molecule is O=C1C[C@H](N(CCc2ccccc2)C(=S)NCc2ccccc2)C(=O)N1c1c(Cl)cccc1Cl. The lowest BCUT2D eigenvalue weighted by Gasteiger charge is -2.30. The number of rotatable bonds is 7. The van der Waals surface area contributed by atoms with Crippen molar-refractivity contribution < 1.29 is 9.59 Å². The first-order valence-corrected chi connectivity index (χ1v) is 12.0. The van der Waals surface area contributed by atoms with E-state index in [9.17, 15) is 9.59 Å². The number of benzene rings is 3. The highest BCUT2D eigenvalue weighted by atomic mass is 35.5. The zero-order valence-corrected chi connectivity index (χ0v) is 20.6. The zero-order chi connectivity index (χ0) is 24.1. The quantitative estimate of drug-likeness (QED) is 0.347. The van der Waals surface area contributed by atoms with Crippen molar-refractivity contribution in [2.45, 2.75) is 25.4 Å². The van der Waals surface area contributed by atoms with Gasteiger partial charge >= 0.3 is 0 Å². The number of halogens is 2. The molecule has 0 aliphatic carbocycles. The van der Waals surface area contributed by atoms with Crippen molar-refractivity contribution in [2.75, 3.05) is 11.4 Å². The van der Waals surface area contributed by atoms with Crippen LogP contribution in [-0.4, -0.2) is 34.4 Å². The third-order valence-electron chi connectivity index (χ3n) is 5.69. The van der Waals surface area contributed by atoms with Gasteiger partial charge in [-0.25, -0.2) is 4.90 Å². The Morgan fingerprint density at radius 2 is 1.50 bits per heavy atom. The van der Waals surface area contributed by atoms with Gasteiger partial charge in [0.2, 0.25) is 5.91 Å². The molecule has 0 aromatic heterocycles. The number of nitrogens with zero attached hydrogens (tertiary/aromatic N) is 2.